The average Bonchev–Trinajstić information content (AvgIpc) is 2.63. The highest BCUT2D eigenvalue weighted by Crippen LogP contribution is 2.33. The Balaban J connectivity index is 1.57. The van der Waals surface area contributed by atoms with Gasteiger partial charge in [-0.05, 0) is 49.7 Å². The fourth-order valence-electron chi connectivity index (χ4n) is 2.87. The van der Waals surface area contributed by atoms with Crippen LogP contribution in [0.3, 0.4) is 0 Å². The van der Waals surface area contributed by atoms with E-state index in [0.29, 0.717) is 35.7 Å². The van der Waals surface area contributed by atoms with Crippen LogP contribution >= 0.6 is 11.6 Å². The zero-order valence-corrected chi connectivity index (χ0v) is 15.8. The number of ether oxygens (including phenoxy) is 2. The molecule has 0 bridgehead atoms. The Labute approximate surface area is 162 Å². The van der Waals surface area contributed by atoms with Crippen LogP contribution in [0.1, 0.15) is 11.4 Å². The number of nitrogens with one attached hydrogen (secondary N) is 2. The zero-order chi connectivity index (χ0) is 18.8. The van der Waals surface area contributed by atoms with Crippen LogP contribution in [0.5, 0.6) is 11.5 Å². The first-order valence-electron chi connectivity index (χ1n) is 8.62. The standard InChI is InChI=1S/C20H19ClN4O2/c1-12-9-14(21)3-5-16(12)25-20-11-19(22-13(2)23-20)24-15-4-6-17-18(10-15)27-8-7-26-17/h3-6,9-11H,7-8H2,1-2H3,(H2,22,23,24,25). The molecule has 0 aliphatic carbocycles. The van der Waals surface area contributed by atoms with E-state index >= 15 is 0 Å². The van der Waals surface area contributed by atoms with Gasteiger partial charge in [0.2, 0.25) is 0 Å². The maximum Gasteiger partial charge on any atom is 0.163 e. The molecule has 6 nitrogen and oxygen atoms in total. The number of nitrogens with zero attached hydrogens (tertiary/aromatic N) is 2. The molecule has 2 aromatic carbocycles. The second kappa shape index (κ2) is 7.32. The molecule has 0 unspecified atom stereocenters. The average molecular weight is 383 g/mol. The molecule has 0 amide bonds. The predicted molar refractivity (Wildman–Crippen MR) is 107 cm³/mol. The van der Waals surface area contributed by atoms with E-state index in [4.69, 9.17) is 21.1 Å². The normalized spacial score (nSPS) is 12.6. The van der Waals surface area contributed by atoms with E-state index in [9.17, 15) is 0 Å². The van der Waals surface area contributed by atoms with E-state index in [1.165, 1.54) is 0 Å². The van der Waals surface area contributed by atoms with Crippen LogP contribution < -0.4 is 20.1 Å². The fraction of sp³-hybridized carbons (Fsp3) is 0.200. The molecule has 0 atom stereocenters. The Bertz CT molecular complexity index is 994. The molecule has 1 aromatic heterocycles. The molecular formula is C20H19ClN4O2. The molecule has 0 fully saturated rings. The van der Waals surface area contributed by atoms with Crippen LogP contribution in [0.2, 0.25) is 5.02 Å². The van der Waals surface area contributed by atoms with Gasteiger partial charge in [0.05, 0.1) is 0 Å². The molecule has 1 aliphatic heterocycles. The number of fused-ring (bicyclic) bond motifs is 1. The van der Waals surface area contributed by atoms with Crippen molar-refractivity contribution in [3.05, 3.63) is 58.9 Å². The van der Waals surface area contributed by atoms with Crippen LogP contribution in [0, 0.1) is 13.8 Å². The van der Waals surface area contributed by atoms with Crippen molar-refractivity contribution >= 4 is 34.6 Å². The van der Waals surface area contributed by atoms with Crippen molar-refractivity contribution < 1.29 is 9.47 Å². The second-order valence-electron chi connectivity index (χ2n) is 6.25. The monoisotopic (exact) mass is 382 g/mol. The van der Waals surface area contributed by atoms with Gasteiger partial charge >= 0.3 is 0 Å². The summed E-state index contributed by atoms with van der Waals surface area (Å²) in [4.78, 5) is 8.93. The molecule has 4 rings (SSSR count). The highest BCUT2D eigenvalue weighted by Gasteiger charge is 2.12. The molecule has 7 heteroatoms. The molecule has 27 heavy (non-hydrogen) atoms. The third-order valence-corrected chi connectivity index (χ3v) is 4.34. The first kappa shape index (κ1) is 17.4. The van der Waals surface area contributed by atoms with Gasteiger partial charge in [0.15, 0.2) is 11.5 Å². The van der Waals surface area contributed by atoms with Gasteiger partial charge in [0, 0.05) is 28.5 Å². The molecule has 1 aliphatic rings. The number of aryl methyl sites for hydroxylation is 2. The highest BCUT2D eigenvalue weighted by atomic mass is 35.5. The van der Waals surface area contributed by atoms with E-state index in [-0.39, 0.29) is 0 Å². The maximum atomic E-state index is 6.03. The van der Waals surface area contributed by atoms with Gasteiger partial charge in [-0.25, -0.2) is 9.97 Å². The van der Waals surface area contributed by atoms with Gasteiger partial charge in [0.1, 0.15) is 30.7 Å². The molecule has 3 aromatic rings. The fourth-order valence-corrected chi connectivity index (χ4v) is 3.10. The van der Waals surface area contributed by atoms with E-state index < -0.39 is 0 Å². The minimum atomic E-state index is 0.553. The van der Waals surface area contributed by atoms with Crippen LogP contribution in [0.15, 0.2) is 42.5 Å². The van der Waals surface area contributed by atoms with Gasteiger partial charge in [-0.2, -0.15) is 0 Å². The summed E-state index contributed by atoms with van der Waals surface area (Å²) < 4.78 is 11.2. The minimum absolute atomic E-state index is 0.553. The molecule has 138 valence electrons. The Hall–Kier alpha value is -2.99. The number of aromatic nitrogens is 2. The van der Waals surface area contributed by atoms with Crippen LogP contribution in [0.25, 0.3) is 0 Å². The SMILES string of the molecule is Cc1nc(Nc2ccc3c(c2)OCCO3)cc(Nc2ccc(Cl)cc2C)n1. The number of hydrogen-bond donors (Lipinski definition) is 2. The second-order valence-corrected chi connectivity index (χ2v) is 6.69. The lowest BCUT2D eigenvalue weighted by molar-refractivity contribution is 0.171. The number of anilines is 4. The molecule has 0 saturated carbocycles. The molecule has 0 radical (unpaired) electrons. The van der Waals surface area contributed by atoms with Gasteiger partial charge < -0.3 is 20.1 Å². The van der Waals surface area contributed by atoms with E-state index in [2.05, 4.69) is 20.6 Å². The van der Waals surface area contributed by atoms with Crippen molar-refractivity contribution in [2.24, 2.45) is 0 Å². The lowest BCUT2D eigenvalue weighted by Crippen LogP contribution is -2.15. The van der Waals surface area contributed by atoms with Crippen LogP contribution in [-0.4, -0.2) is 23.2 Å². The first-order chi connectivity index (χ1) is 13.1. The summed E-state index contributed by atoms with van der Waals surface area (Å²) in [5, 5.41) is 7.33. The van der Waals surface area contributed by atoms with Crippen molar-refractivity contribution in [3.8, 4) is 11.5 Å². The van der Waals surface area contributed by atoms with Crippen LogP contribution in [-0.2, 0) is 0 Å². The number of hydrogen-bond acceptors (Lipinski definition) is 6. The molecule has 0 saturated heterocycles. The summed E-state index contributed by atoms with van der Waals surface area (Å²) in [6.45, 7) is 4.98. The Kier molecular flexibility index (Phi) is 4.73. The summed E-state index contributed by atoms with van der Waals surface area (Å²) in [6.07, 6.45) is 0. The molecular weight excluding hydrogens is 364 g/mol. The Morgan fingerprint density at radius 3 is 2.37 bits per heavy atom. The van der Waals surface area contributed by atoms with Crippen molar-refractivity contribution in [3.63, 3.8) is 0 Å². The molecule has 2 heterocycles. The molecule has 2 N–H and O–H groups in total. The van der Waals surface area contributed by atoms with Gasteiger partial charge in [0.25, 0.3) is 0 Å². The summed E-state index contributed by atoms with van der Waals surface area (Å²) in [6, 6.07) is 13.3. The lowest BCUT2D eigenvalue weighted by Gasteiger charge is -2.19. The van der Waals surface area contributed by atoms with Gasteiger partial charge in [-0.3, -0.25) is 0 Å². The Morgan fingerprint density at radius 2 is 1.59 bits per heavy atom. The highest BCUT2D eigenvalue weighted by molar-refractivity contribution is 6.30. The van der Waals surface area contributed by atoms with Crippen molar-refractivity contribution in [1.82, 2.24) is 9.97 Å². The van der Waals surface area contributed by atoms with Crippen LogP contribution in [0.4, 0.5) is 23.0 Å². The van der Waals surface area contributed by atoms with E-state index in [1.54, 1.807) is 0 Å². The van der Waals surface area contributed by atoms with Gasteiger partial charge in [-0.1, -0.05) is 11.6 Å². The van der Waals surface area contributed by atoms with Crippen molar-refractivity contribution in [2.75, 3.05) is 23.8 Å². The number of benzene rings is 2. The third-order valence-electron chi connectivity index (χ3n) is 4.10. The smallest absolute Gasteiger partial charge is 0.163 e. The van der Waals surface area contributed by atoms with E-state index in [1.807, 2.05) is 56.3 Å². The third kappa shape index (κ3) is 4.06. The lowest BCUT2D eigenvalue weighted by atomic mass is 10.2. The quantitative estimate of drug-likeness (QED) is 0.661. The summed E-state index contributed by atoms with van der Waals surface area (Å²) in [5.41, 5.74) is 2.86. The topological polar surface area (TPSA) is 68.3 Å². The number of halogens is 1. The van der Waals surface area contributed by atoms with Crippen molar-refractivity contribution in [2.45, 2.75) is 13.8 Å². The maximum absolute atomic E-state index is 6.03. The predicted octanol–water partition coefficient (Wildman–Crippen LogP) is 5.01. The summed E-state index contributed by atoms with van der Waals surface area (Å²) in [7, 11) is 0. The summed E-state index contributed by atoms with van der Waals surface area (Å²) in [5.74, 6) is 3.53. The number of rotatable bonds is 4. The molecule has 0 spiro atoms. The minimum Gasteiger partial charge on any atom is -0.486 e. The van der Waals surface area contributed by atoms with Crippen molar-refractivity contribution in [1.29, 1.82) is 0 Å². The Morgan fingerprint density at radius 1 is 0.852 bits per heavy atom. The van der Waals surface area contributed by atoms with E-state index in [0.717, 1.165) is 28.4 Å². The largest absolute Gasteiger partial charge is 0.486 e. The first-order valence-corrected chi connectivity index (χ1v) is 9.00. The zero-order valence-electron chi connectivity index (χ0n) is 15.0. The summed E-state index contributed by atoms with van der Waals surface area (Å²) >= 11 is 6.03. The van der Waals surface area contributed by atoms with Gasteiger partial charge in [-0.15, -0.1) is 0 Å².